The molecule has 0 saturated carbocycles. The van der Waals surface area contributed by atoms with Gasteiger partial charge in [-0.15, -0.1) is 0 Å². The van der Waals surface area contributed by atoms with Crippen molar-refractivity contribution in [2.75, 3.05) is 32.8 Å². The molecule has 0 aromatic carbocycles. The van der Waals surface area contributed by atoms with Gasteiger partial charge in [-0.25, -0.2) is 0 Å². The number of hydrogen-bond acceptors (Lipinski definition) is 2. The van der Waals surface area contributed by atoms with Crippen molar-refractivity contribution in [3.05, 3.63) is 6.42 Å². The van der Waals surface area contributed by atoms with Crippen molar-refractivity contribution in [1.82, 2.24) is 4.90 Å². The lowest BCUT2D eigenvalue weighted by atomic mass is 10.1. The van der Waals surface area contributed by atoms with E-state index in [1.807, 2.05) is 0 Å². The van der Waals surface area contributed by atoms with Crippen molar-refractivity contribution in [2.45, 2.75) is 0 Å². The third-order valence-electron chi connectivity index (χ3n) is 2.00. The fourth-order valence-electron chi connectivity index (χ4n) is 1.22. The van der Waals surface area contributed by atoms with Gasteiger partial charge in [-0.2, -0.15) is 0 Å². The van der Waals surface area contributed by atoms with E-state index in [4.69, 9.17) is 4.74 Å². The molecule has 0 aromatic rings. The molecule has 2 aliphatic heterocycles. The maximum Gasteiger partial charge on any atom is 0.0528 e. The van der Waals surface area contributed by atoms with Crippen LogP contribution in [0.15, 0.2) is 0 Å². The number of hydrogen-bond donors (Lipinski definition) is 0. The molecule has 2 heteroatoms. The molecule has 0 aromatic heterocycles. The Labute approximate surface area is 55.8 Å². The van der Waals surface area contributed by atoms with Crippen LogP contribution < -0.4 is 0 Å². The number of likely N-dealkylation sites (tertiary alicyclic amines) is 1. The average Bonchev–Trinajstić information content (AvgIpc) is 1.57. The van der Waals surface area contributed by atoms with E-state index < -0.39 is 0 Å². The van der Waals surface area contributed by atoms with Gasteiger partial charge in [0.05, 0.1) is 13.2 Å². The summed E-state index contributed by atoms with van der Waals surface area (Å²) in [4.78, 5) is 2.45. The van der Waals surface area contributed by atoms with E-state index in [0.717, 1.165) is 19.1 Å². The Kier molecular flexibility index (Phi) is 1.44. The molecule has 2 fully saturated rings. The third-order valence-corrected chi connectivity index (χ3v) is 2.00. The monoisotopic (exact) mass is 126 g/mol. The van der Waals surface area contributed by atoms with Crippen LogP contribution in [-0.4, -0.2) is 37.7 Å². The summed E-state index contributed by atoms with van der Waals surface area (Å²) >= 11 is 0. The first kappa shape index (κ1) is 5.69. The summed E-state index contributed by atoms with van der Waals surface area (Å²) in [6.45, 7) is 5.66. The van der Waals surface area contributed by atoms with Gasteiger partial charge in [0.2, 0.25) is 0 Å². The molecule has 0 bridgehead atoms. The van der Waals surface area contributed by atoms with Gasteiger partial charge in [-0.1, -0.05) is 0 Å². The van der Waals surface area contributed by atoms with Gasteiger partial charge < -0.3 is 9.64 Å². The second-order valence-electron chi connectivity index (χ2n) is 2.91. The highest BCUT2D eigenvalue weighted by molar-refractivity contribution is 4.88. The van der Waals surface area contributed by atoms with Crippen LogP contribution in [0.1, 0.15) is 0 Å². The van der Waals surface area contributed by atoms with Gasteiger partial charge in [-0.3, -0.25) is 0 Å². The molecule has 0 spiro atoms. The van der Waals surface area contributed by atoms with Crippen molar-refractivity contribution < 1.29 is 4.74 Å². The van der Waals surface area contributed by atoms with Crippen LogP contribution in [-0.2, 0) is 4.74 Å². The molecule has 2 heterocycles. The zero-order valence-corrected chi connectivity index (χ0v) is 5.55. The highest BCUT2D eigenvalue weighted by Crippen LogP contribution is 2.14. The quantitative estimate of drug-likeness (QED) is 0.522. The Morgan fingerprint density at radius 3 is 2.56 bits per heavy atom. The number of ether oxygens (including phenoxy) is 1. The molecule has 2 nitrogen and oxygen atoms in total. The van der Waals surface area contributed by atoms with E-state index in [9.17, 15) is 0 Å². The Hall–Kier alpha value is -0.0800. The lowest BCUT2D eigenvalue weighted by Gasteiger charge is -2.36. The van der Waals surface area contributed by atoms with Crippen molar-refractivity contribution in [2.24, 2.45) is 5.92 Å². The Bertz CT molecular complexity index is 85.1. The maximum atomic E-state index is 5.07. The van der Waals surface area contributed by atoms with E-state index in [0.29, 0.717) is 0 Å². The molecule has 0 atom stereocenters. The SMILES string of the molecule is [CH]1CN(CC2COC2)C1. The molecule has 0 unspecified atom stereocenters. The standard InChI is InChI=1S/C7H12NO/c1-2-8(3-1)4-7-5-9-6-7/h1,7H,2-6H2. The van der Waals surface area contributed by atoms with Crippen molar-refractivity contribution in [1.29, 1.82) is 0 Å². The maximum absolute atomic E-state index is 5.07. The first-order valence-electron chi connectivity index (χ1n) is 3.57. The predicted octanol–water partition coefficient (Wildman–Crippen LogP) is 0.153. The lowest BCUT2D eigenvalue weighted by molar-refractivity contribution is -0.0490. The first-order chi connectivity index (χ1) is 4.45. The molecule has 2 saturated heterocycles. The smallest absolute Gasteiger partial charge is 0.0528 e. The average molecular weight is 126 g/mol. The molecule has 0 aliphatic carbocycles. The summed E-state index contributed by atoms with van der Waals surface area (Å²) in [5, 5.41) is 0. The molecule has 9 heavy (non-hydrogen) atoms. The summed E-state index contributed by atoms with van der Waals surface area (Å²) in [6, 6.07) is 0. The summed E-state index contributed by atoms with van der Waals surface area (Å²) < 4.78 is 5.07. The van der Waals surface area contributed by atoms with E-state index >= 15 is 0 Å². The van der Waals surface area contributed by atoms with Crippen LogP contribution in [0.3, 0.4) is 0 Å². The summed E-state index contributed by atoms with van der Waals surface area (Å²) in [6.07, 6.45) is 2.31. The van der Waals surface area contributed by atoms with Gasteiger partial charge in [0.25, 0.3) is 0 Å². The molecule has 51 valence electrons. The zero-order chi connectivity index (χ0) is 6.10. The Balaban J connectivity index is 1.64. The highest BCUT2D eigenvalue weighted by atomic mass is 16.5. The van der Waals surface area contributed by atoms with Crippen LogP contribution in [0.5, 0.6) is 0 Å². The van der Waals surface area contributed by atoms with E-state index in [2.05, 4.69) is 11.3 Å². The van der Waals surface area contributed by atoms with Crippen molar-refractivity contribution >= 4 is 0 Å². The molecular weight excluding hydrogens is 114 g/mol. The Morgan fingerprint density at radius 2 is 2.22 bits per heavy atom. The normalized spacial score (nSPS) is 29.3. The van der Waals surface area contributed by atoms with Gasteiger partial charge in [0.1, 0.15) is 0 Å². The minimum atomic E-state index is 0.846. The van der Waals surface area contributed by atoms with Gasteiger partial charge in [-0.05, 0) is 6.42 Å². The van der Waals surface area contributed by atoms with Gasteiger partial charge in [0.15, 0.2) is 0 Å². The largest absolute Gasteiger partial charge is 0.381 e. The molecule has 0 amide bonds. The highest BCUT2D eigenvalue weighted by Gasteiger charge is 2.24. The molecular formula is C7H12NO. The fraction of sp³-hybridized carbons (Fsp3) is 0.857. The number of rotatable bonds is 2. The molecule has 2 rings (SSSR count). The van der Waals surface area contributed by atoms with Crippen LogP contribution in [0.25, 0.3) is 0 Å². The van der Waals surface area contributed by atoms with Crippen LogP contribution in [0, 0.1) is 12.3 Å². The summed E-state index contributed by atoms with van der Waals surface area (Å²) in [5.74, 6) is 0.846. The van der Waals surface area contributed by atoms with Gasteiger partial charge in [0, 0.05) is 25.6 Å². The zero-order valence-electron chi connectivity index (χ0n) is 5.55. The van der Waals surface area contributed by atoms with Crippen molar-refractivity contribution in [3.63, 3.8) is 0 Å². The molecule has 1 radical (unpaired) electrons. The number of nitrogens with zero attached hydrogens (tertiary/aromatic N) is 1. The minimum Gasteiger partial charge on any atom is -0.381 e. The summed E-state index contributed by atoms with van der Waals surface area (Å²) in [7, 11) is 0. The molecule has 0 N–H and O–H groups in total. The van der Waals surface area contributed by atoms with E-state index in [1.165, 1.54) is 19.6 Å². The van der Waals surface area contributed by atoms with Crippen LogP contribution >= 0.6 is 0 Å². The third kappa shape index (κ3) is 1.10. The fourth-order valence-corrected chi connectivity index (χ4v) is 1.22. The first-order valence-corrected chi connectivity index (χ1v) is 3.57. The van der Waals surface area contributed by atoms with Crippen LogP contribution in [0.2, 0.25) is 0 Å². The van der Waals surface area contributed by atoms with Crippen LogP contribution in [0.4, 0.5) is 0 Å². The predicted molar refractivity (Wildman–Crippen MR) is 35.0 cm³/mol. The summed E-state index contributed by atoms with van der Waals surface area (Å²) in [5.41, 5.74) is 0. The molecule has 2 aliphatic rings. The minimum absolute atomic E-state index is 0.846. The second-order valence-corrected chi connectivity index (χ2v) is 2.91. The second kappa shape index (κ2) is 2.27. The van der Waals surface area contributed by atoms with E-state index in [-0.39, 0.29) is 0 Å². The Morgan fingerprint density at radius 1 is 1.44 bits per heavy atom. The lowest BCUT2D eigenvalue weighted by Crippen LogP contribution is -2.46. The van der Waals surface area contributed by atoms with Gasteiger partial charge >= 0.3 is 0 Å². The topological polar surface area (TPSA) is 12.5 Å². The van der Waals surface area contributed by atoms with E-state index in [1.54, 1.807) is 0 Å². The van der Waals surface area contributed by atoms with Crippen molar-refractivity contribution in [3.8, 4) is 0 Å².